The van der Waals surface area contributed by atoms with E-state index in [1.54, 1.807) is 0 Å². The van der Waals surface area contributed by atoms with Gasteiger partial charge in [-0.1, -0.05) is 52.3 Å². The van der Waals surface area contributed by atoms with Crippen LogP contribution in [0.1, 0.15) is 11.1 Å². The van der Waals surface area contributed by atoms with Gasteiger partial charge in [0.1, 0.15) is 11.5 Å². The van der Waals surface area contributed by atoms with Crippen LogP contribution in [0.15, 0.2) is 53.0 Å². The summed E-state index contributed by atoms with van der Waals surface area (Å²) in [6.07, 6.45) is 1.23. The second kappa shape index (κ2) is 5.80. The van der Waals surface area contributed by atoms with Crippen molar-refractivity contribution in [1.82, 2.24) is 0 Å². The summed E-state index contributed by atoms with van der Waals surface area (Å²) >= 11 is 3.49. The molecule has 1 aliphatic rings. The standard InChI is InChI=1S/C17H15BrO2/c18-15-7-3-1-5-12(15)10-16(19)14-9-13-6-2-4-8-17(13)20-11-14/h1-8,14H,9-11H2. The Labute approximate surface area is 126 Å². The molecular weight excluding hydrogens is 316 g/mol. The molecule has 0 saturated carbocycles. The van der Waals surface area contributed by atoms with Crippen LogP contribution in [0.25, 0.3) is 0 Å². The Morgan fingerprint density at radius 3 is 2.75 bits per heavy atom. The molecule has 0 aromatic heterocycles. The van der Waals surface area contributed by atoms with E-state index in [1.807, 2.05) is 48.5 Å². The minimum Gasteiger partial charge on any atom is -0.493 e. The molecule has 3 rings (SSSR count). The highest BCUT2D eigenvalue weighted by atomic mass is 79.9. The van der Waals surface area contributed by atoms with E-state index >= 15 is 0 Å². The first kappa shape index (κ1) is 13.4. The van der Waals surface area contributed by atoms with Gasteiger partial charge in [0.05, 0.1) is 12.5 Å². The number of hydrogen-bond acceptors (Lipinski definition) is 2. The van der Waals surface area contributed by atoms with E-state index in [0.29, 0.717) is 13.0 Å². The molecule has 1 heterocycles. The SMILES string of the molecule is O=C(Cc1ccccc1Br)C1COc2ccccc2C1. The minimum atomic E-state index is -0.0444. The number of ketones is 1. The third-order valence-electron chi connectivity index (χ3n) is 3.66. The molecule has 102 valence electrons. The molecule has 2 aromatic carbocycles. The van der Waals surface area contributed by atoms with Gasteiger partial charge in [0.25, 0.3) is 0 Å². The van der Waals surface area contributed by atoms with Gasteiger partial charge in [0.2, 0.25) is 0 Å². The van der Waals surface area contributed by atoms with Gasteiger partial charge in [-0.2, -0.15) is 0 Å². The van der Waals surface area contributed by atoms with Crippen molar-refractivity contribution in [2.24, 2.45) is 5.92 Å². The molecule has 0 amide bonds. The summed E-state index contributed by atoms with van der Waals surface area (Å²) < 4.78 is 6.68. The highest BCUT2D eigenvalue weighted by Crippen LogP contribution is 2.28. The molecule has 1 unspecified atom stereocenters. The molecule has 2 aromatic rings. The first-order valence-electron chi connectivity index (χ1n) is 6.71. The van der Waals surface area contributed by atoms with Crippen molar-refractivity contribution in [3.63, 3.8) is 0 Å². The van der Waals surface area contributed by atoms with Crippen LogP contribution in [0, 0.1) is 5.92 Å². The summed E-state index contributed by atoms with van der Waals surface area (Å²) in [6.45, 7) is 0.486. The topological polar surface area (TPSA) is 26.3 Å². The fourth-order valence-electron chi connectivity index (χ4n) is 2.51. The van der Waals surface area contributed by atoms with Crippen molar-refractivity contribution in [3.8, 4) is 5.75 Å². The quantitative estimate of drug-likeness (QED) is 0.855. The normalized spacial score (nSPS) is 17.1. The van der Waals surface area contributed by atoms with Gasteiger partial charge in [-0.05, 0) is 29.7 Å². The predicted octanol–water partition coefficient (Wildman–Crippen LogP) is 3.81. The molecule has 0 spiro atoms. The maximum atomic E-state index is 12.4. The molecular formula is C17H15BrO2. The molecule has 2 nitrogen and oxygen atoms in total. The van der Waals surface area contributed by atoms with Gasteiger partial charge in [0, 0.05) is 10.9 Å². The second-order valence-electron chi connectivity index (χ2n) is 5.05. The number of carbonyl (C=O) groups excluding carboxylic acids is 1. The first-order chi connectivity index (χ1) is 9.74. The summed E-state index contributed by atoms with van der Waals surface area (Å²) in [5.74, 6) is 1.11. The number of para-hydroxylation sites is 1. The molecule has 0 aliphatic carbocycles. The van der Waals surface area contributed by atoms with Crippen LogP contribution in [-0.2, 0) is 17.6 Å². The van der Waals surface area contributed by atoms with E-state index < -0.39 is 0 Å². The van der Waals surface area contributed by atoms with Crippen molar-refractivity contribution >= 4 is 21.7 Å². The maximum Gasteiger partial charge on any atom is 0.144 e. The molecule has 1 aliphatic heterocycles. The number of fused-ring (bicyclic) bond motifs is 1. The third kappa shape index (κ3) is 2.78. The van der Waals surface area contributed by atoms with Gasteiger partial charge in [-0.3, -0.25) is 4.79 Å². The summed E-state index contributed by atoms with van der Waals surface area (Å²) in [7, 11) is 0. The lowest BCUT2D eigenvalue weighted by Crippen LogP contribution is -2.29. The van der Waals surface area contributed by atoms with E-state index in [-0.39, 0.29) is 11.7 Å². The molecule has 0 saturated heterocycles. The number of rotatable bonds is 3. The Morgan fingerprint density at radius 1 is 1.15 bits per heavy atom. The zero-order chi connectivity index (χ0) is 13.9. The van der Waals surface area contributed by atoms with Crippen molar-refractivity contribution in [3.05, 3.63) is 64.1 Å². The molecule has 0 radical (unpaired) electrons. The monoisotopic (exact) mass is 330 g/mol. The third-order valence-corrected chi connectivity index (χ3v) is 4.43. The fraction of sp³-hybridized carbons (Fsp3) is 0.235. The van der Waals surface area contributed by atoms with E-state index in [2.05, 4.69) is 15.9 Å². The van der Waals surface area contributed by atoms with E-state index in [1.165, 1.54) is 0 Å². The van der Waals surface area contributed by atoms with E-state index in [9.17, 15) is 4.79 Å². The zero-order valence-corrected chi connectivity index (χ0v) is 12.6. The molecule has 0 fully saturated rings. The average molecular weight is 331 g/mol. The first-order valence-corrected chi connectivity index (χ1v) is 7.50. The van der Waals surface area contributed by atoms with E-state index in [0.717, 1.165) is 27.8 Å². The fourth-order valence-corrected chi connectivity index (χ4v) is 2.93. The van der Waals surface area contributed by atoms with Crippen LogP contribution in [0.4, 0.5) is 0 Å². The van der Waals surface area contributed by atoms with Crippen LogP contribution in [0.3, 0.4) is 0 Å². The Hall–Kier alpha value is -1.61. The number of ether oxygens (including phenoxy) is 1. The highest BCUT2D eigenvalue weighted by Gasteiger charge is 2.25. The molecule has 20 heavy (non-hydrogen) atoms. The molecule has 0 N–H and O–H groups in total. The highest BCUT2D eigenvalue weighted by molar-refractivity contribution is 9.10. The van der Waals surface area contributed by atoms with Gasteiger partial charge < -0.3 is 4.74 Å². The Kier molecular flexibility index (Phi) is 3.88. The summed E-state index contributed by atoms with van der Waals surface area (Å²) in [5.41, 5.74) is 2.17. The van der Waals surface area contributed by atoms with Crippen LogP contribution >= 0.6 is 15.9 Å². The summed E-state index contributed by atoms with van der Waals surface area (Å²) in [4.78, 5) is 12.4. The smallest absolute Gasteiger partial charge is 0.144 e. The Balaban J connectivity index is 1.72. The number of halogens is 1. The largest absolute Gasteiger partial charge is 0.493 e. The average Bonchev–Trinajstić information content (AvgIpc) is 2.49. The van der Waals surface area contributed by atoms with Crippen LogP contribution in [0.5, 0.6) is 5.75 Å². The minimum absolute atomic E-state index is 0.0444. The van der Waals surface area contributed by atoms with Gasteiger partial charge in [-0.15, -0.1) is 0 Å². The zero-order valence-electron chi connectivity index (χ0n) is 11.0. The van der Waals surface area contributed by atoms with Gasteiger partial charge in [-0.25, -0.2) is 0 Å². The number of benzene rings is 2. The Bertz CT molecular complexity index is 636. The predicted molar refractivity (Wildman–Crippen MR) is 82.0 cm³/mol. The molecule has 0 bridgehead atoms. The second-order valence-corrected chi connectivity index (χ2v) is 5.91. The number of carbonyl (C=O) groups is 1. The van der Waals surface area contributed by atoms with Crippen LogP contribution in [-0.4, -0.2) is 12.4 Å². The number of Topliss-reactive ketones (excluding diaryl/α,β-unsaturated/α-hetero) is 1. The lowest BCUT2D eigenvalue weighted by Gasteiger charge is -2.24. The van der Waals surface area contributed by atoms with Crippen molar-refractivity contribution in [2.45, 2.75) is 12.8 Å². The summed E-state index contributed by atoms with van der Waals surface area (Å²) in [6, 6.07) is 15.8. The summed E-state index contributed by atoms with van der Waals surface area (Å²) in [5, 5.41) is 0. The molecule has 3 heteroatoms. The van der Waals surface area contributed by atoms with Crippen molar-refractivity contribution < 1.29 is 9.53 Å². The van der Waals surface area contributed by atoms with Crippen molar-refractivity contribution in [1.29, 1.82) is 0 Å². The van der Waals surface area contributed by atoms with Crippen LogP contribution in [0.2, 0.25) is 0 Å². The van der Waals surface area contributed by atoms with Gasteiger partial charge >= 0.3 is 0 Å². The molecule has 1 atom stereocenters. The van der Waals surface area contributed by atoms with E-state index in [4.69, 9.17) is 4.74 Å². The number of hydrogen-bond donors (Lipinski definition) is 0. The van der Waals surface area contributed by atoms with Crippen LogP contribution < -0.4 is 4.74 Å². The van der Waals surface area contributed by atoms with Gasteiger partial charge in [0.15, 0.2) is 0 Å². The van der Waals surface area contributed by atoms with Crippen molar-refractivity contribution in [2.75, 3.05) is 6.61 Å². The maximum absolute atomic E-state index is 12.4. The lowest BCUT2D eigenvalue weighted by molar-refractivity contribution is -0.123. The lowest BCUT2D eigenvalue weighted by atomic mass is 9.90. The Morgan fingerprint density at radius 2 is 1.90 bits per heavy atom.